The van der Waals surface area contributed by atoms with Gasteiger partial charge < -0.3 is 0 Å². The third kappa shape index (κ3) is 3.01. The van der Waals surface area contributed by atoms with E-state index in [2.05, 4.69) is 10.1 Å². The van der Waals surface area contributed by atoms with Gasteiger partial charge in [0.15, 0.2) is 5.78 Å². The molecule has 0 spiro atoms. The SMILES string of the molecule is Cc1ccc(Cl)cc1C(=O)Cc1ncnn1C(C)C. The Morgan fingerprint density at radius 1 is 1.42 bits per heavy atom. The lowest BCUT2D eigenvalue weighted by Gasteiger charge is -2.09. The highest BCUT2D eigenvalue weighted by molar-refractivity contribution is 6.31. The molecule has 0 saturated carbocycles. The van der Waals surface area contributed by atoms with Crippen molar-refractivity contribution in [3.63, 3.8) is 0 Å². The summed E-state index contributed by atoms with van der Waals surface area (Å²) in [5.41, 5.74) is 1.57. The van der Waals surface area contributed by atoms with Gasteiger partial charge in [0.2, 0.25) is 0 Å². The quantitative estimate of drug-likeness (QED) is 0.806. The Kier molecular flexibility index (Phi) is 4.00. The highest BCUT2D eigenvalue weighted by Crippen LogP contribution is 2.17. The fourth-order valence-corrected chi connectivity index (χ4v) is 2.14. The molecule has 0 fully saturated rings. The second kappa shape index (κ2) is 5.53. The van der Waals surface area contributed by atoms with E-state index in [1.54, 1.807) is 16.8 Å². The summed E-state index contributed by atoms with van der Waals surface area (Å²) < 4.78 is 1.76. The van der Waals surface area contributed by atoms with E-state index in [0.717, 1.165) is 5.56 Å². The smallest absolute Gasteiger partial charge is 0.170 e. The zero-order valence-corrected chi connectivity index (χ0v) is 12.0. The molecule has 0 aliphatic heterocycles. The minimum atomic E-state index is 0.00917. The van der Waals surface area contributed by atoms with E-state index in [1.807, 2.05) is 26.8 Å². The summed E-state index contributed by atoms with van der Waals surface area (Å²) in [4.78, 5) is 16.5. The van der Waals surface area contributed by atoms with Gasteiger partial charge >= 0.3 is 0 Å². The lowest BCUT2D eigenvalue weighted by Crippen LogP contribution is -2.14. The van der Waals surface area contributed by atoms with Gasteiger partial charge in [0.05, 0.1) is 6.42 Å². The Bertz CT molecular complexity index is 604. The number of nitrogens with zero attached hydrogens (tertiary/aromatic N) is 3. The van der Waals surface area contributed by atoms with Crippen LogP contribution in [-0.4, -0.2) is 20.5 Å². The summed E-state index contributed by atoms with van der Waals surface area (Å²) in [6.07, 6.45) is 1.72. The molecular formula is C14H16ClN3O. The number of aromatic nitrogens is 3. The van der Waals surface area contributed by atoms with Crippen molar-refractivity contribution in [2.24, 2.45) is 0 Å². The van der Waals surface area contributed by atoms with Crippen LogP contribution in [0.5, 0.6) is 0 Å². The average molecular weight is 278 g/mol. The van der Waals surface area contributed by atoms with E-state index in [0.29, 0.717) is 16.4 Å². The molecule has 2 aromatic rings. The van der Waals surface area contributed by atoms with E-state index in [4.69, 9.17) is 11.6 Å². The van der Waals surface area contributed by atoms with E-state index >= 15 is 0 Å². The normalized spacial score (nSPS) is 11.0. The summed E-state index contributed by atoms with van der Waals surface area (Å²) in [5.74, 6) is 0.689. The summed E-state index contributed by atoms with van der Waals surface area (Å²) in [5, 5.41) is 4.70. The van der Waals surface area contributed by atoms with Crippen LogP contribution in [0.15, 0.2) is 24.5 Å². The first-order chi connectivity index (χ1) is 8.99. The lowest BCUT2D eigenvalue weighted by molar-refractivity contribution is 0.0988. The molecule has 5 heteroatoms. The van der Waals surface area contributed by atoms with Crippen molar-refractivity contribution in [1.82, 2.24) is 14.8 Å². The monoisotopic (exact) mass is 277 g/mol. The molecular weight excluding hydrogens is 262 g/mol. The molecule has 0 aliphatic carbocycles. The third-order valence-electron chi connectivity index (χ3n) is 2.96. The Morgan fingerprint density at radius 3 is 2.84 bits per heavy atom. The van der Waals surface area contributed by atoms with Crippen LogP contribution in [0.4, 0.5) is 0 Å². The number of aryl methyl sites for hydroxylation is 1. The van der Waals surface area contributed by atoms with Gasteiger partial charge in [-0.25, -0.2) is 9.67 Å². The molecule has 0 radical (unpaired) electrons. The standard InChI is InChI=1S/C14H16ClN3O/c1-9(2)18-14(16-8-17-18)7-13(19)12-6-11(15)5-4-10(12)3/h4-6,8-9H,7H2,1-3H3. The number of Topliss-reactive ketones (excluding diaryl/α,β-unsaturated/α-hetero) is 1. The Labute approximate surface area is 117 Å². The van der Waals surface area contributed by atoms with Crippen LogP contribution >= 0.6 is 11.6 Å². The van der Waals surface area contributed by atoms with Crippen LogP contribution in [0, 0.1) is 6.92 Å². The number of halogens is 1. The van der Waals surface area contributed by atoms with Gasteiger partial charge in [-0.3, -0.25) is 4.79 Å². The zero-order valence-electron chi connectivity index (χ0n) is 11.2. The van der Waals surface area contributed by atoms with Gasteiger partial charge in [-0.15, -0.1) is 0 Å². The number of hydrogen-bond donors (Lipinski definition) is 0. The van der Waals surface area contributed by atoms with Crippen LogP contribution in [0.3, 0.4) is 0 Å². The Hall–Kier alpha value is -1.68. The Morgan fingerprint density at radius 2 is 2.16 bits per heavy atom. The molecule has 0 amide bonds. The molecule has 1 heterocycles. The number of hydrogen-bond acceptors (Lipinski definition) is 3. The van der Waals surface area contributed by atoms with Crippen molar-refractivity contribution in [1.29, 1.82) is 0 Å². The van der Waals surface area contributed by atoms with Crippen molar-refractivity contribution in [3.05, 3.63) is 46.5 Å². The number of benzene rings is 1. The minimum absolute atomic E-state index is 0.00917. The number of carbonyl (C=O) groups is 1. The van der Waals surface area contributed by atoms with E-state index in [1.165, 1.54) is 6.33 Å². The molecule has 0 saturated heterocycles. The first kappa shape index (κ1) is 13.7. The van der Waals surface area contributed by atoms with Gasteiger partial charge in [0.1, 0.15) is 12.2 Å². The van der Waals surface area contributed by atoms with Crippen molar-refractivity contribution >= 4 is 17.4 Å². The van der Waals surface area contributed by atoms with Crippen molar-refractivity contribution in [3.8, 4) is 0 Å². The van der Waals surface area contributed by atoms with Crippen molar-refractivity contribution in [2.45, 2.75) is 33.2 Å². The van der Waals surface area contributed by atoms with E-state index < -0.39 is 0 Å². The van der Waals surface area contributed by atoms with Gasteiger partial charge in [0, 0.05) is 16.6 Å². The number of ketones is 1. The summed E-state index contributed by atoms with van der Waals surface area (Å²) >= 11 is 5.94. The van der Waals surface area contributed by atoms with Crippen LogP contribution in [-0.2, 0) is 6.42 Å². The molecule has 0 N–H and O–H groups in total. The minimum Gasteiger partial charge on any atom is -0.294 e. The number of rotatable bonds is 4. The van der Waals surface area contributed by atoms with Crippen LogP contribution in [0.25, 0.3) is 0 Å². The number of carbonyl (C=O) groups excluding carboxylic acids is 1. The van der Waals surface area contributed by atoms with Crippen LogP contribution in [0.2, 0.25) is 5.02 Å². The molecule has 0 unspecified atom stereocenters. The third-order valence-corrected chi connectivity index (χ3v) is 3.19. The maximum Gasteiger partial charge on any atom is 0.170 e. The molecule has 4 nitrogen and oxygen atoms in total. The fourth-order valence-electron chi connectivity index (χ4n) is 1.97. The fraction of sp³-hybridized carbons (Fsp3) is 0.357. The predicted octanol–water partition coefficient (Wildman–Crippen LogP) is 3.25. The maximum atomic E-state index is 12.3. The van der Waals surface area contributed by atoms with E-state index in [9.17, 15) is 4.79 Å². The summed E-state index contributed by atoms with van der Waals surface area (Å²) in [6, 6.07) is 5.52. The molecule has 19 heavy (non-hydrogen) atoms. The van der Waals surface area contributed by atoms with Crippen LogP contribution in [0.1, 0.15) is 41.6 Å². The van der Waals surface area contributed by atoms with Gasteiger partial charge in [-0.05, 0) is 38.5 Å². The van der Waals surface area contributed by atoms with Crippen molar-refractivity contribution < 1.29 is 4.79 Å². The largest absolute Gasteiger partial charge is 0.294 e. The molecule has 0 aliphatic rings. The molecule has 0 bridgehead atoms. The van der Waals surface area contributed by atoms with Gasteiger partial charge in [-0.2, -0.15) is 5.10 Å². The van der Waals surface area contributed by atoms with Crippen LogP contribution < -0.4 is 0 Å². The molecule has 0 atom stereocenters. The second-order valence-electron chi connectivity index (χ2n) is 4.77. The molecule has 1 aromatic carbocycles. The highest BCUT2D eigenvalue weighted by atomic mass is 35.5. The molecule has 2 rings (SSSR count). The zero-order chi connectivity index (χ0) is 14.0. The van der Waals surface area contributed by atoms with E-state index in [-0.39, 0.29) is 18.2 Å². The first-order valence-electron chi connectivity index (χ1n) is 6.16. The second-order valence-corrected chi connectivity index (χ2v) is 5.21. The van der Waals surface area contributed by atoms with Crippen molar-refractivity contribution in [2.75, 3.05) is 0 Å². The summed E-state index contributed by atoms with van der Waals surface area (Å²) in [6.45, 7) is 5.91. The maximum absolute atomic E-state index is 12.3. The lowest BCUT2D eigenvalue weighted by atomic mass is 10.0. The Balaban J connectivity index is 2.26. The predicted molar refractivity (Wildman–Crippen MR) is 74.6 cm³/mol. The molecule has 1 aromatic heterocycles. The topological polar surface area (TPSA) is 47.8 Å². The first-order valence-corrected chi connectivity index (χ1v) is 6.54. The van der Waals surface area contributed by atoms with Gasteiger partial charge in [-0.1, -0.05) is 17.7 Å². The molecule has 100 valence electrons. The average Bonchev–Trinajstić information content (AvgIpc) is 2.80. The van der Waals surface area contributed by atoms with Gasteiger partial charge in [0.25, 0.3) is 0 Å². The summed E-state index contributed by atoms with van der Waals surface area (Å²) in [7, 11) is 0. The highest BCUT2D eigenvalue weighted by Gasteiger charge is 2.15.